The fourth-order valence-corrected chi connectivity index (χ4v) is 6.50. The number of aliphatic hydroxyl groups is 1. The van der Waals surface area contributed by atoms with Crippen molar-refractivity contribution >= 4 is 17.9 Å². The van der Waals surface area contributed by atoms with Gasteiger partial charge in [0.1, 0.15) is 0 Å². The molecule has 0 bridgehead atoms. The molecule has 5 nitrogen and oxygen atoms in total. The van der Waals surface area contributed by atoms with Crippen molar-refractivity contribution in [2.45, 2.75) is 69.4 Å². The van der Waals surface area contributed by atoms with E-state index in [4.69, 9.17) is 5.11 Å². The van der Waals surface area contributed by atoms with E-state index in [9.17, 15) is 9.90 Å². The molecule has 6 heteroatoms. The molecule has 0 aromatic heterocycles. The van der Waals surface area contributed by atoms with Gasteiger partial charge in [0.15, 0.2) is 0 Å². The number of nitrogens with zero attached hydrogens (tertiary/aromatic N) is 1. The minimum Gasteiger partial charge on any atom is -0.481 e. The van der Waals surface area contributed by atoms with E-state index >= 15 is 0 Å². The molecule has 0 radical (unpaired) electrons. The summed E-state index contributed by atoms with van der Waals surface area (Å²) in [6.45, 7) is 8.60. The minimum absolute atomic E-state index is 0.0324. The highest BCUT2D eigenvalue weighted by Gasteiger charge is 2.28. The minimum atomic E-state index is -0.774. The van der Waals surface area contributed by atoms with Gasteiger partial charge in [-0.1, -0.05) is 67.6 Å². The Kier molecular flexibility index (Phi) is 10.2. The topological polar surface area (TPSA) is 72.8 Å². The number of aryl methyl sites for hydroxylation is 1. The molecule has 0 heterocycles. The summed E-state index contributed by atoms with van der Waals surface area (Å²) in [6.07, 6.45) is 3.62. The van der Waals surface area contributed by atoms with Crippen LogP contribution in [0, 0.1) is 5.92 Å². The number of hydrogen-bond donors (Lipinski definition) is 3. The smallest absolute Gasteiger partial charge is 0.303 e. The quantitative estimate of drug-likeness (QED) is 0.208. The Morgan fingerprint density at radius 1 is 1.03 bits per heavy atom. The number of rotatable bonds is 14. The lowest BCUT2D eigenvalue weighted by atomic mass is 9.88. The van der Waals surface area contributed by atoms with Crippen LogP contribution in [0.3, 0.4) is 0 Å². The average molecular weight is 547 g/mol. The van der Waals surface area contributed by atoms with E-state index in [0.717, 1.165) is 47.4 Å². The van der Waals surface area contributed by atoms with Crippen molar-refractivity contribution in [3.63, 3.8) is 0 Å². The Labute approximate surface area is 237 Å². The number of β-amino-alcohol motifs (C(OH)–C–C–N with tert-alkyl or cyclic N) is 1. The summed E-state index contributed by atoms with van der Waals surface area (Å²) in [5, 5.41) is 23.4. The Bertz CT molecular complexity index is 1200. The first-order chi connectivity index (χ1) is 18.7. The van der Waals surface area contributed by atoms with Gasteiger partial charge in [0, 0.05) is 36.5 Å². The monoisotopic (exact) mass is 546 g/mol. The highest BCUT2D eigenvalue weighted by Crippen LogP contribution is 2.32. The number of carbonyl (C=O) groups is 1. The van der Waals surface area contributed by atoms with E-state index in [1.54, 1.807) is 11.9 Å². The Hall–Kier alpha value is -2.64. The normalized spacial score (nSPS) is 14.5. The second-order valence-electron chi connectivity index (χ2n) is 11.4. The summed E-state index contributed by atoms with van der Waals surface area (Å²) in [6, 6.07) is 25.3. The van der Waals surface area contributed by atoms with Crippen LogP contribution in [-0.2, 0) is 24.1 Å². The lowest BCUT2D eigenvalue weighted by molar-refractivity contribution is -0.136. The molecule has 0 fully saturated rings. The van der Waals surface area contributed by atoms with Crippen molar-refractivity contribution in [2.24, 2.45) is 5.92 Å². The van der Waals surface area contributed by atoms with Gasteiger partial charge in [-0.25, -0.2) is 4.31 Å². The third-order valence-electron chi connectivity index (χ3n) is 7.50. The Morgan fingerprint density at radius 2 is 1.72 bits per heavy atom. The molecule has 3 N–H and O–H groups in total. The zero-order valence-corrected chi connectivity index (χ0v) is 24.2. The highest BCUT2D eigenvalue weighted by atomic mass is 32.2. The van der Waals surface area contributed by atoms with Crippen molar-refractivity contribution in [1.29, 1.82) is 0 Å². The molecule has 1 aliphatic carbocycles. The molecule has 1 aliphatic rings. The first-order valence-electron chi connectivity index (χ1n) is 14.0. The van der Waals surface area contributed by atoms with Gasteiger partial charge in [-0.05, 0) is 97.3 Å². The van der Waals surface area contributed by atoms with Gasteiger partial charge in [0.25, 0.3) is 0 Å². The van der Waals surface area contributed by atoms with Crippen LogP contribution in [0.2, 0.25) is 0 Å². The summed E-state index contributed by atoms with van der Waals surface area (Å²) in [4.78, 5) is 12.0. The number of aliphatic hydroxyl groups excluding tert-OH is 1. The number of benzene rings is 3. The standard InChI is InChI=1S/C33H42N2O3S/c1-4-35(23-30(36)22-34-33(2,3)21-25-18-27-8-5-6-9-28(27)19-25)39-31-11-7-10-29(20-31)26-15-12-24(13-16-26)14-17-32(37)38/h5-13,15-16,20,25,30,34,36H,4,14,17-19,21-23H2,1-3H3,(H,37,38)/t30-/m1/s1. The van der Waals surface area contributed by atoms with Crippen LogP contribution in [-0.4, -0.2) is 51.8 Å². The lowest BCUT2D eigenvalue weighted by Gasteiger charge is -2.31. The maximum absolute atomic E-state index is 10.9. The van der Waals surface area contributed by atoms with Gasteiger partial charge in [-0.3, -0.25) is 4.79 Å². The van der Waals surface area contributed by atoms with Crippen molar-refractivity contribution in [3.05, 3.63) is 89.5 Å². The van der Waals surface area contributed by atoms with Gasteiger partial charge in [0.2, 0.25) is 0 Å². The predicted octanol–water partition coefficient (Wildman–Crippen LogP) is 6.23. The van der Waals surface area contributed by atoms with Gasteiger partial charge in [-0.15, -0.1) is 0 Å². The number of nitrogens with one attached hydrogen (secondary N) is 1. The third-order valence-corrected chi connectivity index (χ3v) is 8.63. The van der Waals surface area contributed by atoms with Crippen LogP contribution in [0.1, 0.15) is 50.3 Å². The number of likely N-dealkylation sites (N-methyl/N-ethyl adjacent to an activating group) is 1. The van der Waals surface area contributed by atoms with Crippen molar-refractivity contribution in [1.82, 2.24) is 9.62 Å². The van der Waals surface area contributed by atoms with Crippen LogP contribution in [0.15, 0.2) is 77.7 Å². The van der Waals surface area contributed by atoms with Crippen LogP contribution in [0.25, 0.3) is 11.1 Å². The number of carboxylic acids is 1. The number of carboxylic acid groups (broad SMARTS) is 1. The summed E-state index contributed by atoms with van der Waals surface area (Å²) >= 11 is 1.67. The summed E-state index contributed by atoms with van der Waals surface area (Å²) in [7, 11) is 0. The number of hydrogen-bond acceptors (Lipinski definition) is 5. The van der Waals surface area contributed by atoms with E-state index in [1.165, 1.54) is 11.1 Å². The van der Waals surface area contributed by atoms with Gasteiger partial charge in [0.05, 0.1) is 6.10 Å². The molecule has 1 atom stereocenters. The third kappa shape index (κ3) is 8.94. The van der Waals surface area contributed by atoms with E-state index in [1.807, 2.05) is 12.1 Å². The maximum atomic E-state index is 10.9. The van der Waals surface area contributed by atoms with Crippen LogP contribution in [0.4, 0.5) is 0 Å². The molecule has 4 rings (SSSR count). The first kappa shape index (κ1) is 29.3. The molecular weight excluding hydrogens is 504 g/mol. The van der Waals surface area contributed by atoms with Gasteiger partial charge in [-0.2, -0.15) is 0 Å². The zero-order chi connectivity index (χ0) is 27.8. The Morgan fingerprint density at radius 3 is 2.36 bits per heavy atom. The van der Waals surface area contributed by atoms with Crippen molar-refractivity contribution in [2.75, 3.05) is 19.6 Å². The largest absolute Gasteiger partial charge is 0.481 e. The molecule has 0 aliphatic heterocycles. The van der Waals surface area contributed by atoms with Crippen LogP contribution in [0.5, 0.6) is 0 Å². The average Bonchev–Trinajstić information content (AvgIpc) is 3.32. The summed E-state index contributed by atoms with van der Waals surface area (Å²) in [5.74, 6) is -0.123. The molecule has 0 amide bonds. The molecule has 0 saturated carbocycles. The van der Waals surface area contributed by atoms with E-state index in [2.05, 4.69) is 91.1 Å². The van der Waals surface area contributed by atoms with Crippen molar-refractivity contribution < 1.29 is 15.0 Å². The van der Waals surface area contributed by atoms with Gasteiger partial charge < -0.3 is 15.5 Å². The summed E-state index contributed by atoms with van der Waals surface area (Å²) in [5.41, 5.74) is 6.21. The van der Waals surface area contributed by atoms with E-state index in [-0.39, 0.29) is 12.0 Å². The predicted molar refractivity (Wildman–Crippen MR) is 161 cm³/mol. The SMILES string of the molecule is CCN(C[C@H](O)CNC(C)(C)CC1Cc2ccccc2C1)Sc1cccc(-c2ccc(CCC(=O)O)cc2)c1. The molecule has 3 aromatic rings. The summed E-state index contributed by atoms with van der Waals surface area (Å²) < 4.78 is 2.21. The number of aliphatic carboxylic acids is 1. The van der Waals surface area contributed by atoms with Crippen LogP contribution >= 0.6 is 11.9 Å². The van der Waals surface area contributed by atoms with Crippen LogP contribution < -0.4 is 5.32 Å². The second kappa shape index (κ2) is 13.6. The van der Waals surface area contributed by atoms with Crippen molar-refractivity contribution in [3.8, 4) is 11.1 Å². The molecule has 39 heavy (non-hydrogen) atoms. The molecule has 3 aromatic carbocycles. The highest BCUT2D eigenvalue weighted by molar-refractivity contribution is 7.97. The molecule has 0 unspecified atom stereocenters. The van der Waals surface area contributed by atoms with Gasteiger partial charge >= 0.3 is 5.97 Å². The second-order valence-corrected chi connectivity index (χ2v) is 12.5. The molecule has 208 valence electrons. The number of fused-ring (bicyclic) bond motifs is 1. The maximum Gasteiger partial charge on any atom is 0.303 e. The molecule has 0 saturated heterocycles. The fraction of sp³-hybridized carbons (Fsp3) is 0.424. The molecular formula is C33H42N2O3S. The first-order valence-corrected chi connectivity index (χ1v) is 14.8. The fourth-order valence-electron chi connectivity index (χ4n) is 5.51. The van der Waals surface area contributed by atoms with E-state index < -0.39 is 12.1 Å². The Balaban J connectivity index is 1.26. The van der Waals surface area contributed by atoms with E-state index in [0.29, 0.717) is 25.4 Å². The lowest BCUT2D eigenvalue weighted by Crippen LogP contribution is -2.46. The zero-order valence-electron chi connectivity index (χ0n) is 23.4. The molecule has 0 spiro atoms.